The molecular formula is C76H66Br2O14Si11. The molecule has 12 aromatic rings. The van der Waals surface area contributed by atoms with E-state index >= 15 is 0 Å². The minimum absolute atomic E-state index is 0.0143. The fourth-order valence-electron chi connectivity index (χ4n) is 12.9. The summed E-state index contributed by atoms with van der Waals surface area (Å²) in [5.74, 6) is 0. The van der Waals surface area contributed by atoms with Crippen LogP contribution in [0.2, 0.25) is 0 Å². The van der Waals surface area contributed by atoms with Crippen LogP contribution in [0.5, 0.6) is 0 Å². The van der Waals surface area contributed by atoms with Crippen LogP contribution in [-0.4, -0.2) is 98.5 Å². The van der Waals surface area contributed by atoms with Crippen LogP contribution in [0.4, 0.5) is 0 Å². The molecule has 0 N–H and O–H groups in total. The minimum atomic E-state index is -5.51. The molecule has 0 radical (unpaired) electrons. The van der Waals surface area contributed by atoms with Gasteiger partial charge in [0.25, 0.3) is 0 Å². The zero-order valence-electron chi connectivity index (χ0n) is 55.3. The molecule has 10 atom stereocenters. The Morgan fingerprint density at radius 2 is 0.495 bits per heavy atom. The molecule has 0 amide bonds. The summed E-state index contributed by atoms with van der Waals surface area (Å²) in [6.07, 6.45) is 4.06. The topological polar surface area (TPSA) is 129 Å². The number of fused-ring (bicyclic) bond motifs is 6. The smallest absolute Gasteiger partial charge is 0.422 e. The first-order chi connectivity index (χ1) is 50.4. The molecule has 12 aromatic carbocycles. The Morgan fingerprint density at radius 1 is 0.252 bits per heavy atom. The van der Waals surface area contributed by atoms with Gasteiger partial charge in [-0.25, -0.2) is 0 Å². The van der Waals surface area contributed by atoms with Gasteiger partial charge in [0.2, 0.25) is 0 Å². The Morgan fingerprint density at radius 3 is 0.825 bits per heavy atom. The zero-order valence-corrected chi connectivity index (χ0v) is 70.7. The van der Waals surface area contributed by atoms with Crippen molar-refractivity contribution in [1.82, 2.24) is 0 Å². The summed E-state index contributed by atoms with van der Waals surface area (Å²) >= 11 is 7.44. The fourth-order valence-corrected chi connectivity index (χ4v) is 68.3. The maximum absolute atomic E-state index is 8.98. The molecule has 0 aromatic heterocycles. The third-order valence-electron chi connectivity index (χ3n) is 17.9. The average Bonchev–Trinajstić information content (AvgIpc) is 0.686. The highest BCUT2D eigenvalue weighted by Crippen LogP contribution is 2.44. The van der Waals surface area contributed by atoms with Crippen LogP contribution in [0.3, 0.4) is 0 Å². The number of halogens is 2. The Labute approximate surface area is 629 Å². The maximum atomic E-state index is 8.98. The summed E-state index contributed by atoms with van der Waals surface area (Å²) in [5, 5.41) is 5.42. The summed E-state index contributed by atoms with van der Waals surface area (Å²) in [5.41, 5.74) is 5.74. The molecule has 16 rings (SSSR count). The van der Waals surface area contributed by atoms with Crippen LogP contribution >= 0.6 is 31.9 Å². The first-order valence-corrected chi connectivity index (χ1v) is 53.3. The van der Waals surface area contributed by atoms with Crippen molar-refractivity contribution in [3.63, 3.8) is 0 Å². The van der Waals surface area contributed by atoms with Crippen LogP contribution in [-0.2, 0) is 57.6 Å². The second-order valence-electron chi connectivity index (χ2n) is 24.6. The SMILES string of the molecule is [SiH3]O[Si]1(c2ccccc2)O[Si](/C=C/c2ccc(Br)cc2)(c2ccccc2)O[Si]2(c3ccccc3)O[Si]3(c4ccccc4)O[SiH](c4ccccc4)O[Si]4(c5ccccc5)O[Si](/C=C/c5ccc(Br)cc5)(c5ccccc5)O[Si](c5ccccc5)(O3)O[Si@](c3ccccc3)(O2)O[Si@](c2ccccc2)(O1)O4. The summed E-state index contributed by atoms with van der Waals surface area (Å²) < 4.78 is 124. The lowest BCUT2D eigenvalue weighted by Crippen LogP contribution is -2.90. The molecule has 4 saturated heterocycles. The highest BCUT2D eigenvalue weighted by Gasteiger charge is 2.80. The van der Waals surface area contributed by atoms with Gasteiger partial charge in [-0.3, -0.25) is 0 Å². The number of benzene rings is 12. The lowest BCUT2D eigenvalue weighted by molar-refractivity contribution is 0.0578. The van der Waals surface area contributed by atoms with Crippen LogP contribution in [0.25, 0.3) is 12.2 Å². The van der Waals surface area contributed by atoms with Crippen molar-refractivity contribution in [3.8, 4) is 0 Å². The van der Waals surface area contributed by atoms with Gasteiger partial charge in [-0.2, -0.15) is 0 Å². The molecule has 4 aliphatic rings. The second kappa shape index (κ2) is 29.7. The highest BCUT2D eigenvalue weighted by molar-refractivity contribution is 9.10. The van der Waals surface area contributed by atoms with Gasteiger partial charge in [0, 0.05) is 45.3 Å². The van der Waals surface area contributed by atoms with Gasteiger partial charge in [-0.1, -0.05) is 372 Å². The molecule has 4 aliphatic heterocycles. The van der Waals surface area contributed by atoms with Crippen LogP contribution in [0.15, 0.2) is 372 Å². The second-order valence-corrected chi connectivity index (χ2v) is 56.6. The number of hydrogen-bond acceptors (Lipinski definition) is 14. The lowest BCUT2D eigenvalue weighted by Gasteiger charge is -2.58. The van der Waals surface area contributed by atoms with Gasteiger partial charge < -0.3 is 57.6 Å². The number of hydrogen-bond donors (Lipinski definition) is 0. The Bertz CT molecular complexity index is 4930. The fraction of sp³-hybridized carbons (Fsp3) is 0. The quantitative estimate of drug-likeness (QED) is 0.0913. The van der Waals surface area contributed by atoms with Crippen molar-refractivity contribution in [2.75, 3.05) is 0 Å². The van der Waals surface area contributed by atoms with E-state index in [0.29, 0.717) is 51.9 Å². The van der Waals surface area contributed by atoms with E-state index in [1.54, 1.807) is 0 Å². The third kappa shape index (κ3) is 14.0. The van der Waals surface area contributed by atoms with E-state index in [4.69, 9.17) is 57.6 Å². The first-order valence-electron chi connectivity index (χ1n) is 33.5. The molecule has 512 valence electrons. The van der Waals surface area contributed by atoms with E-state index < -0.39 is 88.0 Å². The third-order valence-corrected chi connectivity index (χ3v) is 61.2. The van der Waals surface area contributed by atoms with Gasteiger partial charge >= 0.3 is 88.0 Å². The molecule has 14 nitrogen and oxygen atoms in total. The van der Waals surface area contributed by atoms with Gasteiger partial charge in [-0.15, -0.1) is 0 Å². The van der Waals surface area contributed by atoms with Crippen LogP contribution in [0, 0.1) is 0 Å². The van der Waals surface area contributed by atoms with Crippen molar-refractivity contribution in [2.24, 2.45) is 0 Å². The minimum Gasteiger partial charge on any atom is -0.422 e. The Balaban J connectivity index is 1.18. The molecule has 4 heterocycles. The molecule has 6 bridgehead atoms. The number of rotatable bonds is 15. The normalized spacial score (nSPS) is 28.7. The maximum Gasteiger partial charge on any atom is 0.515 e. The van der Waals surface area contributed by atoms with Crippen molar-refractivity contribution in [3.05, 3.63) is 383 Å². The van der Waals surface area contributed by atoms with E-state index in [9.17, 15) is 0 Å². The van der Waals surface area contributed by atoms with Gasteiger partial charge in [0.15, 0.2) is 0 Å². The predicted molar refractivity (Wildman–Crippen MR) is 431 cm³/mol. The van der Waals surface area contributed by atoms with Gasteiger partial charge in [0.05, 0.1) is 0 Å². The summed E-state index contributed by atoms with van der Waals surface area (Å²) in [6, 6.07) is 114. The Kier molecular flexibility index (Phi) is 20.2. The van der Waals surface area contributed by atoms with E-state index in [2.05, 4.69) is 31.9 Å². The highest BCUT2D eigenvalue weighted by atomic mass is 79.9. The van der Waals surface area contributed by atoms with Crippen molar-refractivity contribution < 1.29 is 57.6 Å². The summed E-state index contributed by atoms with van der Waals surface area (Å²) in [6.45, 7) is 0. The van der Waals surface area contributed by atoms with Crippen molar-refractivity contribution in [1.29, 1.82) is 0 Å². The van der Waals surface area contributed by atoms with E-state index in [1.807, 2.05) is 375 Å². The molecule has 8 unspecified atom stereocenters. The molecule has 0 aliphatic carbocycles. The average molecular weight is 1670 g/mol. The van der Waals surface area contributed by atoms with E-state index in [0.717, 1.165) is 20.1 Å². The van der Waals surface area contributed by atoms with Crippen LogP contribution in [0.1, 0.15) is 11.1 Å². The molecule has 27 heteroatoms. The van der Waals surface area contributed by atoms with E-state index in [1.165, 1.54) is 0 Å². The Hall–Kier alpha value is -7.09. The van der Waals surface area contributed by atoms with Crippen LogP contribution < -0.4 is 51.9 Å². The molecule has 4 fully saturated rings. The van der Waals surface area contributed by atoms with Crippen molar-refractivity contribution in [2.45, 2.75) is 0 Å². The monoisotopic (exact) mass is 1670 g/mol. The summed E-state index contributed by atoms with van der Waals surface area (Å²) in [4.78, 5) is 0. The van der Waals surface area contributed by atoms with Crippen molar-refractivity contribution >= 4 is 194 Å². The van der Waals surface area contributed by atoms with Gasteiger partial charge in [-0.05, 0) is 62.4 Å². The molecule has 103 heavy (non-hydrogen) atoms. The van der Waals surface area contributed by atoms with E-state index in [-0.39, 0.29) is 10.5 Å². The zero-order chi connectivity index (χ0) is 69.9. The molecule has 0 saturated carbocycles. The standard InChI is InChI=1S/C76H66Br2O14Si11/c77-65-55-51-63(52-56-65)59-61-95(68-33-13-2-14-34-68)82-97(79-93,70-37-17-4-18-38-70)86-102(75-47-27-9-28-48-75)87-98(71-39-19-5-20-40-71)80-94(67-31-11-1-12-32-67)81-99(72-41-21-6-22-42-72)88-100(84-95,73-43-23-7-24-44-73)90-103(92-102,76-49-29-10-30-50-76)91-101(89-99,74-45-25-8-26-46-74)85-96(83-98,69-35-15-3-16-36-69)62-60-64-53-57-66(78)58-54-64/h1-62,94H,93H3/b61-59+,62-60+/t94?,95?,96?,97?,98?,99?,100?,101?,102-,103+/m1/s1. The lowest BCUT2D eigenvalue weighted by atomic mass is 10.2. The summed E-state index contributed by atoms with van der Waals surface area (Å²) in [7, 11) is -50.8. The largest absolute Gasteiger partial charge is 0.515 e. The molecular weight excluding hydrogens is 1610 g/mol. The predicted octanol–water partition coefficient (Wildman–Crippen LogP) is 8.33. The van der Waals surface area contributed by atoms with Gasteiger partial charge in [0.1, 0.15) is 10.5 Å². The first kappa shape index (κ1) is 70.2. The molecule has 0 spiro atoms.